The van der Waals surface area contributed by atoms with E-state index in [4.69, 9.17) is 5.73 Å². The number of anilines is 1. The minimum absolute atomic E-state index is 0.594. The number of benzene rings is 1. The molecule has 0 saturated carbocycles. The second-order valence-electron chi connectivity index (χ2n) is 3.86. The molecule has 0 atom stereocenters. The van der Waals surface area contributed by atoms with Gasteiger partial charge < -0.3 is 11.1 Å². The SMILES string of the molecule is Nc1cc(-c2ccccc2)nn1C1=NCCN1. The quantitative estimate of drug-likeness (QED) is 0.761. The second-order valence-corrected chi connectivity index (χ2v) is 3.86. The molecule has 3 N–H and O–H groups in total. The number of nitrogen functional groups attached to an aromatic ring is 1. The van der Waals surface area contributed by atoms with Crippen molar-refractivity contribution in [1.82, 2.24) is 15.1 Å². The highest BCUT2D eigenvalue weighted by Crippen LogP contribution is 2.19. The fourth-order valence-corrected chi connectivity index (χ4v) is 1.84. The largest absolute Gasteiger partial charge is 0.383 e. The van der Waals surface area contributed by atoms with Crippen LogP contribution in [0, 0.1) is 0 Å². The maximum Gasteiger partial charge on any atom is 0.221 e. The van der Waals surface area contributed by atoms with Crippen molar-refractivity contribution in [3.05, 3.63) is 36.4 Å². The molecule has 5 heteroatoms. The van der Waals surface area contributed by atoms with Gasteiger partial charge in [-0.05, 0) is 0 Å². The first kappa shape index (κ1) is 9.89. The molecule has 0 saturated heterocycles. The monoisotopic (exact) mass is 227 g/mol. The third-order valence-corrected chi connectivity index (χ3v) is 2.66. The first-order chi connectivity index (χ1) is 8.34. The first-order valence-electron chi connectivity index (χ1n) is 5.54. The lowest BCUT2D eigenvalue weighted by Gasteiger charge is -2.02. The van der Waals surface area contributed by atoms with Crippen LogP contribution in [0.25, 0.3) is 11.3 Å². The smallest absolute Gasteiger partial charge is 0.221 e. The molecular weight excluding hydrogens is 214 g/mol. The normalized spacial score (nSPS) is 14.5. The van der Waals surface area contributed by atoms with Crippen LogP contribution in [-0.4, -0.2) is 28.8 Å². The Labute approximate surface area is 99.0 Å². The molecule has 1 aliphatic heterocycles. The summed E-state index contributed by atoms with van der Waals surface area (Å²) < 4.78 is 1.65. The predicted molar refractivity (Wildman–Crippen MR) is 67.8 cm³/mol. The van der Waals surface area contributed by atoms with Gasteiger partial charge in [-0.1, -0.05) is 30.3 Å². The first-order valence-corrected chi connectivity index (χ1v) is 5.54. The molecule has 0 amide bonds. The number of aromatic nitrogens is 2. The van der Waals surface area contributed by atoms with Gasteiger partial charge in [-0.15, -0.1) is 0 Å². The van der Waals surface area contributed by atoms with Crippen LogP contribution < -0.4 is 11.1 Å². The van der Waals surface area contributed by atoms with E-state index in [0.29, 0.717) is 5.82 Å². The number of nitrogens with one attached hydrogen (secondary N) is 1. The molecule has 0 fully saturated rings. The number of nitrogens with two attached hydrogens (primary N) is 1. The summed E-state index contributed by atoms with van der Waals surface area (Å²) in [4.78, 5) is 4.30. The molecule has 86 valence electrons. The highest BCUT2D eigenvalue weighted by Gasteiger charge is 2.13. The molecule has 2 aromatic rings. The summed E-state index contributed by atoms with van der Waals surface area (Å²) in [6.07, 6.45) is 0. The number of aliphatic imine (C=N–C) groups is 1. The lowest BCUT2D eigenvalue weighted by Crippen LogP contribution is -2.28. The van der Waals surface area contributed by atoms with Crippen molar-refractivity contribution in [2.75, 3.05) is 18.8 Å². The fraction of sp³-hybridized carbons (Fsp3) is 0.167. The van der Waals surface area contributed by atoms with E-state index >= 15 is 0 Å². The zero-order valence-corrected chi connectivity index (χ0v) is 9.30. The van der Waals surface area contributed by atoms with E-state index in [0.717, 1.165) is 30.3 Å². The Morgan fingerprint density at radius 3 is 2.76 bits per heavy atom. The van der Waals surface area contributed by atoms with Gasteiger partial charge in [0, 0.05) is 18.2 Å². The summed E-state index contributed by atoms with van der Waals surface area (Å²) in [5.41, 5.74) is 7.85. The molecule has 1 aromatic heterocycles. The predicted octanol–water partition coefficient (Wildman–Crippen LogP) is 0.940. The number of nitrogens with zero attached hydrogens (tertiary/aromatic N) is 3. The van der Waals surface area contributed by atoms with Gasteiger partial charge in [-0.3, -0.25) is 0 Å². The van der Waals surface area contributed by atoms with E-state index < -0.39 is 0 Å². The Morgan fingerprint density at radius 1 is 1.24 bits per heavy atom. The highest BCUT2D eigenvalue weighted by atomic mass is 15.4. The molecule has 0 spiro atoms. The van der Waals surface area contributed by atoms with Crippen LogP contribution in [0.5, 0.6) is 0 Å². The summed E-state index contributed by atoms with van der Waals surface area (Å²) in [6.45, 7) is 1.62. The summed E-state index contributed by atoms with van der Waals surface area (Å²) in [6, 6.07) is 11.8. The maximum atomic E-state index is 5.94. The van der Waals surface area contributed by atoms with Crippen molar-refractivity contribution >= 4 is 11.8 Å². The van der Waals surface area contributed by atoms with Crippen LogP contribution in [0.3, 0.4) is 0 Å². The topological polar surface area (TPSA) is 68.2 Å². The Kier molecular flexibility index (Phi) is 2.29. The molecule has 5 nitrogen and oxygen atoms in total. The van der Waals surface area contributed by atoms with Crippen LogP contribution >= 0.6 is 0 Å². The van der Waals surface area contributed by atoms with E-state index in [-0.39, 0.29) is 0 Å². The molecule has 0 radical (unpaired) electrons. The molecule has 1 aliphatic rings. The summed E-state index contributed by atoms with van der Waals surface area (Å²) in [7, 11) is 0. The molecule has 0 aliphatic carbocycles. The van der Waals surface area contributed by atoms with Gasteiger partial charge in [-0.25, -0.2) is 4.99 Å². The van der Waals surface area contributed by atoms with Gasteiger partial charge in [0.2, 0.25) is 5.96 Å². The summed E-state index contributed by atoms with van der Waals surface area (Å²) in [5, 5.41) is 7.61. The van der Waals surface area contributed by atoms with E-state index in [2.05, 4.69) is 15.4 Å². The zero-order valence-electron chi connectivity index (χ0n) is 9.30. The Bertz CT molecular complexity index is 556. The molecular formula is C12H13N5. The molecule has 2 heterocycles. The Morgan fingerprint density at radius 2 is 2.06 bits per heavy atom. The minimum atomic E-state index is 0.594. The third kappa shape index (κ3) is 1.75. The maximum absolute atomic E-state index is 5.94. The third-order valence-electron chi connectivity index (χ3n) is 2.66. The molecule has 1 aromatic carbocycles. The van der Waals surface area contributed by atoms with Crippen molar-refractivity contribution in [2.24, 2.45) is 4.99 Å². The Balaban J connectivity index is 2.01. The lowest BCUT2D eigenvalue weighted by molar-refractivity contribution is 0.884. The van der Waals surface area contributed by atoms with E-state index in [1.807, 2.05) is 36.4 Å². The fourth-order valence-electron chi connectivity index (χ4n) is 1.84. The molecule has 3 rings (SSSR count). The summed E-state index contributed by atoms with van der Waals surface area (Å²) in [5.74, 6) is 1.32. The van der Waals surface area contributed by atoms with Crippen molar-refractivity contribution in [2.45, 2.75) is 0 Å². The van der Waals surface area contributed by atoms with Crippen LogP contribution in [0.15, 0.2) is 41.4 Å². The van der Waals surface area contributed by atoms with Gasteiger partial charge in [0.15, 0.2) is 0 Å². The van der Waals surface area contributed by atoms with Gasteiger partial charge in [0.05, 0.1) is 12.2 Å². The standard InChI is InChI=1S/C12H13N5/c13-11-8-10(9-4-2-1-3-5-9)16-17(11)12-14-6-7-15-12/h1-5,8H,6-7,13H2,(H,14,15). The van der Waals surface area contributed by atoms with Crippen molar-refractivity contribution in [1.29, 1.82) is 0 Å². The van der Waals surface area contributed by atoms with E-state index in [1.165, 1.54) is 0 Å². The van der Waals surface area contributed by atoms with Crippen LogP contribution in [0.1, 0.15) is 0 Å². The number of rotatable bonds is 1. The van der Waals surface area contributed by atoms with Crippen LogP contribution in [0.2, 0.25) is 0 Å². The molecule has 0 unspecified atom stereocenters. The average Bonchev–Trinajstić information content (AvgIpc) is 2.99. The average molecular weight is 227 g/mol. The molecule has 0 bridgehead atoms. The Hall–Kier alpha value is -2.30. The van der Waals surface area contributed by atoms with Crippen molar-refractivity contribution in [3.8, 4) is 11.3 Å². The summed E-state index contributed by atoms with van der Waals surface area (Å²) >= 11 is 0. The van der Waals surface area contributed by atoms with Gasteiger partial charge in [0.1, 0.15) is 5.82 Å². The van der Waals surface area contributed by atoms with E-state index in [1.54, 1.807) is 4.68 Å². The van der Waals surface area contributed by atoms with Crippen LogP contribution in [-0.2, 0) is 0 Å². The zero-order chi connectivity index (χ0) is 11.7. The lowest BCUT2D eigenvalue weighted by atomic mass is 10.2. The number of hydrogen-bond acceptors (Lipinski definition) is 4. The highest BCUT2D eigenvalue weighted by molar-refractivity contribution is 5.86. The second kappa shape index (κ2) is 3.93. The van der Waals surface area contributed by atoms with Gasteiger partial charge in [0.25, 0.3) is 0 Å². The van der Waals surface area contributed by atoms with E-state index in [9.17, 15) is 0 Å². The van der Waals surface area contributed by atoms with Crippen molar-refractivity contribution in [3.63, 3.8) is 0 Å². The number of hydrogen-bond donors (Lipinski definition) is 2. The van der Waals surface area contributed by atoms with Gasteiger partial charge in [-0.2, -0.15) is 9.78 Å². The minimum Gasteiger partial charge on any atom is -0.383 e. The van der Waals surface area contributed by atoms with Crippen molar-refractivity contribution < 1.29 is 0 Å². The molecule has 17 heavy (non-hydrogen) atoms. The van der Waals surface area contributed by atoms with Crippen LogP contribution in [0.4, 0.5) is 5.82 Å². The van der Waals surface area contributed by atoms with Gasteiger partial charge >= 0.3 is 0 Å².